The quantitative estimate of drug-likeness (QED) is 0.608. The molecule has 0 radical (unpaired) electrons. The highest BCUT2D eigenvalue weighted by atomic mass is 35.5. The molecule has 1 fully saturated rings. The molecule has 1 atom stereocenters. The number of Topliss-reactive ketones (excluding diaryl/α,β-unsaturated/α-hetero) is 1. The Labute approximate surface area is 182 Å². The van der Waals surface area contributed by atoms with Crippen LogP contribution in [0.1, 0.15) is 38.8 Å². The highest BCUT2D eigenvalue weighted by Gasteiger charge is 2.35. The summed E-state index contributed by atoms with van der Waals surface area (Å²) < 4.78 is 50.9. The molecule has 1 saturated heterocycles. The molecule has 1 aliphatic rings. The number of alkyl halides is 3. The predicted molar refractivity (Wildman–Crippen MR) is 109 cm³/mol. The zero-order valence-corrected chi connectivity index (χ0v) is 17.7. The van der Waals surface area contributed by atoms with Crippen molar-refractivity contribution in [1.82, 2.24) is 4.90 Å². The average molecular weight is 456 g/mol. The fourth-order valence-electron chi connectivity index (χ4n) is 3.44. The third-order valence-corrected chi connectivity index (χ3v) is 5.28. The summed E-state index contributed by atoms with van der Waals surface area (Å²) in [5, 5.41) is 0.402. The summed E-state index contributed by atoms with van der Waals surface area (Å²) in [7, 11) is 0. The van der Waals surface area contributed by atoms with Gasteiger partial charge in [-0.05, 0) is 49.7 Å². The third kappa shape index (κ3) is 5.37. The molecule has 1 heterocycles. The number of benzene rings is 2. The Kier molecular flexibility index (Phi) is 6.91. The molecule has 0 spiro atoms. The van der Waals surface area contributed by atoms with E-state index in [-0.39, 0.29) is 43.2 Å². The largest absolute Gasteiger partial charge is 0.490 e. The molecule has 0 aromatic heterocycles. The fraction of sp³-hybridized carbons (Fsp3) is 0.364. The lowest BCUT2D eigenvalue weighted by Crippen LogP contribution is -2.47. The van der Waals surface area contributed by atoms with E-state index < -0.39 is 23.8 Å². The van der Waals surface area contributed by atoms with Gasteiger partial charge in [-0.15, -0.1) is 0 Å². The predicted octanol–water partition coefficient (Wildman–Crippen LogP) is 4.79. The standard InChI is InChI=1S/C22H21ClF3NO4/c1-13-17(4-3-5-19(13)22(24,25)26)21(29)27-8-9-30-16(11-27)12-31-20-7-6-15(23)10-18(20)14(2)28/h3-7,10,16H,8-9,11-12H2,1-2H3. The van der Waals surface area contributed by atoms with E-state index in [1.807, 2.05) is 0 Å². The van der Waals surface area contributed by atoms with Crippen LogP contribution in [0, 0.1) is 6.92 Å². The monoisotopic (exact) mass is 455 g/mol. The highest BCUT2D eigenvalue weighted by molar-refractivity contribution is 6.31. The van der Waals surface area contributed by atoms with E-state index in [0.717, 1.165) is 6.07 Å². The molecule has 1 amide bonds. The molecule has 5 nitrogen and oxygen atoms in total. The highest BCUT2D eigenvalue weighted by Crippen LogP contribution is 2.33. The Morgan fingerprint density at radius 3 is 2.65 bits per heavy atom. The van der Waals surface area contributed by atoms with Crippen molar-refractivity contribution in [2.75, 3.05) is 26.3 Å². The van der Waals surface area contributed by atoms with Crippen LogP contribution in [-0.2, 0) is 10.9 Å². The van der Waals surface area contributed by atoms with Gasteiger partial charge in [0.25, 0.3) is 5.91 Å². The molecule has 0 saturated carbocycles. The summed E-state index contributed by atoms with van der Waals surface area (Å²) in [6, 6.07) is 8.26. The van der Waals surface area contributed by atoms with Gasteiger partial charge in [0.15, 0.2) is 5.78 Å². The van der Waals surface area contributed by atoms with E-state index in [9.17, 15) is 22.8 Å². The van der Waals surface area contributed by atoms with Gasteiger partial charge in [-0.3, -0.25) is 9.59 Å². The van der Waals surface area contributed by atoms with Gasteiger partial charge in [-0.1, -0.05) is 17.7 Å². The smallest absolute Gasteiger partial charge is 0.416 e. The van der Waals surface area contributed by atoms with Gasteiger partial charge in [0.05, 0.1) is 24.3 Å². The first kappa shape index (κ1) is 23.1. The summed E-state index contributed by atoms with van der Waals surface area (Å²) in [5.41, 5.74) is -0.596. The number of ether oxygens (including phenoxy) is 2. The molecule has 0 aliphatic carbocycles. The molecule has 31 heavy (non-hydrogen) atoms. The molecule has 0 bridgehead atoms. The van der Waals surface area contributed by atoms with Crippen molar-refractivity contribution in [3.63, 3.8) is 0 Å². The number of nitrogens with zero attached hydrogens (tertiary/aromatic N) is 1. The van der Waals surface area contributed by atoms with Gasteiger partial charge in [0, 0.05) is 17.1 Å². The Bertz CT molecular complexity index is 993. The van der Waals surface area contributed by atoms with Crippen molar-refractivity contribution in [3.8, 4) is 5.75 Å². The molecular formula is C22H21ClF3NO4. The summed E-state index contributed by atoms with van der Waals surface area (Å²) >= 11 is 5.93. The lowest BCUT2D eigenvalue weighted by molar-refractivity contribution is -0.138. The van der Waals surface area contributed by atoms with Crippen LogP contribution in [0.15, 0.2) is 36.4 Å². The van der Waals surface area contributed by atoms with E-state index >= 15 is 0 Å². The number of carbonyl (C=O) groups excluding carboxylic acids is 2. The second-order valence-corrected chi connectivity index (χ2v) is 7.66. The first-order valence-corrected chi connectivity index (χ1v) is 9.96. The van der Waals surface area contributed by atoms with E-state index in [2.05, 4.69) is 0 Å². The molecule has 9 heteroatoms. The van der Waals surface area contributed by atoms with Crippen molar-refractivity contribution in [1.29, 1.82) is 0 Å². The van der Waals surface area contributed by atoms with Gasteiger partial charge in [0.2, 0.25) is 0 Å². The first-order valence-electron chi connectivity index (χ1n) is 9.59. The van der Waals surface area contributed by atoms with Crippen molar-refractivity contribution in [2.24, 2.45) is 0 Å². The first-order chi connectivity index (χ1) is 14.6. The van der Waals surface area contributed by atoms with Crippen molar-refractivity contribution in [3.05, 3.63) is 63.7 Å². The van der Waals surface area contributed by atoms with Crippen LogP contribution in [-0.4, -0.2) is 49.0 Å². The maximum Gasteiger partial charge on any atom is 0.416 e. The van der Waals surface area contributed by atoms with Crippen molar-refractivity contribution in [2.45, 2.75) is 26.1 Å². The normalized spacial score (nSPS) is 16.8. The molecule has 1 unspecified atom stereocenters. The minimum Gasteiger partial charge on any atom is -0.490 e. The number of hydrogen-bond acceptors (Lipinski definition) is 4. The van der Waals surface area contributed by atoms with Gasteiger partial charge >= 0.3 is 6.18 Å². The topological polar surface area (TPSA) is 55.8 Å². The summed E-state index contributed by atoms with van der Waals surface area (Å²) in [5.74, 6) is -0.357. The number of rotatable bonds is 5. The number of hydrogen-bond donors (Lipinski definition) is 0. The maximum absolute atomic E-state index is 13.2. The number of halogens is 4. The minimum absolute atomic E-state index is 0.00737. The molecule has 0 N–H and O–H groups in total. The number of carbonyl (C=O) groups is 2. The molecule has 1 aliphatic heterocycles. The Morgan fingerprint density at radius 2 is 1.97 bits per heavy atom. The van der Waals surface area contributed by atoms with Gasteiger partial charge in [-0.25, -0.2) is 0 Å². The van der Waals surface area contributed by atoms with Crippen LogP contribution in [0.4, 0.5) is 13.2 Å². The number of ketones is 1. The minimum atomic E-state index is -4.53. The molecule has 166 valence electrons. The van der Waals surface area contributed by atoms with Crippen LogP contribution < -0.4 is 4.74 Å². The summed E-state index contributed by atoms with van der Waals surface area (Å²) in [4.78, 5) is 26.2. The molecule has 2 aromatic rings. The van der Waals surface area contributed by atoms with Crippen LogP contribution in [0.25, 0.3) is 0 Å². The molecule has 2 aromatic carbocycles. The second-order valence-electron chi connectivity index (χ2n) is 7.23. The fourth-order valence-corrected chi connectivity index (χ4v) is 3.61. The Balaban J connectivity index is 1.71. The van der Waals surface area contributed by atoms with Gasteiger partial charge in [0.1, 0.15) is 18.5 Å². The van der Waals surface area contributed by atoms with E-state index in [4.69, 9.17) is 21.1 Å². The number of morpholine rings is 1. The zero-order valence-electron chi connectivity index (χ0n) is 17.0. The molecular weight excluding hydrogens is 435 g/mol. The van der Waals surface area contributed by atoms with Crippen LogP contribution in [0.5, 0.6) is 5.75 Å². The average Bonchev–Trinajstić information content (AvgIpc) is 2.71. The van der Waals surface area contributed by atoms with Crippen LogP contribution in [0.2, 0.25) is 5.02 Å². The Morgan fingerprint density at radius 1 is 1.23 bits per heavy atom. The lowest BCUT2D eigenvalue weighted by Gasteiger charge is -2.33. The second kappa shape index (κ2) is 9.28. The van der Waals surface area contributed by atoms with Gasteiger partial charge in [-0.2, -0.15) is 13.2 Å². The van der Waals surface area contributed by atoms with E-state index in [1.54, 1.807) is 12.1 Å². The maximum atomic E-state index is 13.2. The Hall–Kier alpha value is -2.58. The van der Waals surface area contributed by atoms with E-state index in [0.29, 0.717) is 16.3 Å². The van der Waals surface area contributed by atoms with Crippen molar-refractivity contribution >= 4 is 23.3 Å². The van der Waals surface area contributed by atoms with E-state index in [1.165, 1.54) is 36.9 Å². The zero-order chi connectivity index (χ0) is 22.8. The van der Waals surface area contributed by atoms with Gasteiger partial charge < -0.3 is 14.4 Å². The summed E-state index contributed by atoms with van der Waals surface area (Å²) in [6.07, 6.45) is -5.03. The SMILES string of the molecule is CC(=O)c1cc(Cl)ccc1OCC1CN(C(=O)c2cccc(C(F)(F)F)c2C)CCO1. The molecule has 3 rings (SSSR count). The third-order valence-electron chi connectivity index (χ3n) is 5.04. The summed E-state index contributed by atoms with van der Waals surface area (Å²) in [6.45, 7) is 3.38. The van der Waals surface area contributed by atoms with Crippen molar-refractivity contribution < 1.29 is 32.2 Å². The number of amides is 1. The van der Waals surface area contributed by atoms with Crippen LogP contribution >= 0.6 is 11.6 Å². The lowest BCUT2D eigenvalue weighted by atomic mass is 10.0. The van der Waals surface area contributed by atoms with Crippen LogP contribution in [0.3, 0.4) is 0 Å².